The Bertz CT molecular complexity index is 350. The minimum absolute atomic E-state index is 0.0759. The van der Waals surface area contributed by atoms with Crippen molar-refractivity contribution in [3.8, 4) is 0 Å². The van der Waals surface area contributed by atoms with Gasteiger partial charge >= 0.3 is 0 Å². The third-order valence-corrected chi connectivity index (χ3v) is 3.28. The maximum absolute atomic E-state index is 4.53. The van der Waals surface area contributed by atoms with Gasteiger partial charge in [-0.2, -0.15) is 0 Å². The Morgan fingerprint density at radius 1 is 1.62 bits per heavy atom. The number of allylic oxidation sites excluding steroid dienone is 2. The fourth-order valence-electron chi connectivity index (χ4n) is 1.94. The van der Waals surface area contributed by atoms with E-state index in [1.165, 1.54) is 5.57 Å². The highest BCUT2D eigenvalue weighted by atomic mass is 15.1. The molecule has 2 heteroatoms. The lowest BCUT2D eigenvalue weighted by atomic mass is 9.77. The van der Waals surface area contributed by atoms with Crippen LogP contribution in [0, 0.1) is 5.41 Å². The molecule has 1 N–H and O–H groups in total. The normalized spacial score (nSPS) is 27.9. The largest absolute Gasteiger partial charge is 0.369 e. The monoisotopic (exact) mass is 218 g/mol. The molecule has 1 unspecified atom stereocenters. The SMILES string of the molecule is C=CC1=N/C(=C/C)NCC(C)(C(=C)CC)C1. The first-order valence-electron chi connectivity index (χ1n) is 5.84. The quantitative estimate of drug-likeness (QED) is 0.721. The van der Waals surface area contributed by atoms with Gasteiger partial charge in [-0.3, -0.25) is 0 Å². The molecule has 1 aliphatic heterocycles. The van der Waals surface area contributed by atoms with Crippen molar-refractivity contribution in [2.45, 2.75) is 33.6 Å². The van der Waals surface area contributed by atoms with Gasteiger partial charge in [0.1, 0.15) is 5.82 Å². The van der Waals surface area contributed by atoms with Crippen LogP contribution >= 0.6 is 0 Å². The minimum atomic E-state index is 0.0759. The highest BCUT2D eigenvalue weighted by Crippen LogP contribution is 2.33. The second-order valence-electron chi connectivity index (χ2n) is 4.53. The number of hydrogen-bond donors (Lipinski definition) is 1. The summed E-state index contributed by atoms with van der Waals surface area (Å²) >= 11 is 0. The van der Waals surface area contributed by atoms with E-state index in [9.17, 15) is 0 Å². The number of nitrogens with one attached hydrogen (secondary N) is 1. The van der Waals surface area contributed by atoms with Gasteiger partial charge in [0.25, 0.3) is 0 Å². The average Bonchev–Trinajstić information content (AvgIpc) is 2.48. The third kappa shape index (κ3) is 2.63. The van der Waals surface area contributed by atoms with Crippen LogP contribution in [0.25, 0.3) is 0 Å². The maximum Gasteiger partial charge on any atom is 0.121 e. The highest BCUT2D eigenvalue weighted by molar-refractivity contribution is 5.96. The van der Waals surface area contributed by atoms with Crippen LogP contribution < -0.4 is 5.32 Å². The smallest absolute Gasteiger partial charge is 0.121 e. The Labute approximate surface area is 98.9 Å². The number of rotatable bonds is 3. The van der Waals surface area contributed by atoms with E-state index in [4.69, 9.17) is 0 Å². The van der Waals surface area contributed by atoms with Gasteiger partial charge in [-0.15, -0.1) is 0 Å². The molecule has 1 rings (SSSR count). The van der Waals surface area contributed by atoms with Gasteiger partial charge in [-0.1, -0.05) is 32.6 Å². The van der Waals surface area contributed by atoms with Crippen molar-refractivity contribution in [3.63, 3.8) is 0 Å². The van der Waals surface area contributed by atoms with Crippen LogP contribution in [0.3, 0.4) is 0 Å². The van der Waals surface area contributed by atoms with Crippen molar-refractivity contribution in [3.05, 3.63) is 36.7 Å². The van der Waals surface area contributed by atoms with Crippen molar-refractivity contribution in [1.29, 1.82) is 0 Å². The minimum Gasteiger partial charge on any atom is -0.369 e. The van der Waals surface area contributed by atoms with Crippen LogP contribution in [0.15, 0.2) is 41.7 Å². The van der Waals surface area contributed by atoms with E-state index >= 15 is 0 Å². The lowest BCUT2D eigenvalue weighted by molar-refractivity contribution is 0.396. The lowest BCUT2D eigenvalue weighted by Gasteiger charge is -2.30. The zero-order valence-corrected chi connectivity index (χ0v) is 10.6. The summed E-state index contributed by atoms with van der Waals surface area (Å²) in [6.45, 7) is 15.3. The fourth-order valence-corrected chi connectivity index (χ4v) is 1.94. The van der Waals surface area contributed by atoms with E-state index in [1.54, 1.807) is 0 Å². The molecular formula is C14H22N2. The molecule has 0 aliphatic carbocycles. The molecule has 1 aliphatic rings. The summed E-state index contributed by atoms with van der Waals surface area (Å²) in [6, 6.07) is 0. The van der Waals surface area contributed by atoms with Crippen LogP contribution in [0.1, 0.15) is 33.6 Å². The Morgan fingerprint density at radius 2 is 2.31 bits per heavy atom. The van der Waals surface area contributed by atoms with Crippen LogP contribution in [0.5, 0.6) is 0 Å². The standard InChI is InChI=1S/C14H22N2/c1-6-11(4)14(5)9-12(7-2)16-13(8-3)15-10-14/h7-8,15H,2,4,6,9-10H2,1,3,5H3/b13-8+. The van der Waals surface area contributed by atoms with Gasteiger partial charge in [0.15, 0.2) is 0 Å². The summed E-state index contributed by atoms with van der Waals surface area (Å²) < 4.78 is 0. The predicted octanol–water partition coefficient (Wildman–Crippen LogP) is 3.44. The maximum atomic E-state index is 4.53. The summed E-state index contributed by atoms with van der Waals surface area (Å²) in [5.41, 5.74) is 2.38. The topological polar surface area (TPSA) is 24.4 Å². The van der Waals surface area contributed by atoms with E-state index in [-0.39, 0.29) is 5.41 Å². The molecule has 88 valence electrons. The molecule has 0 radical (unpaired) electrons. The van der Waals surface area contributed by atoms with E-state index < -0.39 is 0 Å². The first-order chi connectivity index (χ1) is 7.55. The molecule has 0 aromatic carbocycles. The molecule has 0 aromatic rings. The van der Waals surface area contributed by atoms with E-state index in [0.717, 1.165) is 30.9 Å². The zero-order valence-electron chi connectivity index (χ0n) is 10.6. The molecule has 0 amide bonds. The van der Waals surface area contributed by atoms with Crippen molar-refractivity contribution >= 4 is 5.71 Å². The summed E-state index contributed by atoms with van der Waals surface area (Å²) in [5, 5.41) is 3.37. The van der Waals surface area contributed by atoms with Gasteiger partial charge in [0, 0.05) is 24.1 Å². The molecule has 0 spiro atoms. The Hall–Kier alpha value is -1.31. The van der Waals surface area contributed by atoms with Crippen molar-refractivity contribution in [1.82, 2.24) is 5.32 Å². The van der Waals surface area contributed by atoms with Crippen LogP contribution in [-0.2, 0) is 0 Å². The Kier molecular flexibility index (Phi) is 4.11. The van der Waals surface area contributed by atoms with Gasteiger partial charge in [0.05, 0.1) is 0 Å². The van der Waals surface area contributed by atoms with Crippen molar-refractivity contribution in [2.24, 2.45) is 10.4 Å². The second kappa shape index (κ2) is 5.15. The molecule has 1 atom stereocenters. The molecule has 1 heterocycles. The van der Waals surface area contributed by atoms with Gasteiger partial charge in [-0.25, -0.2) is 4.99 Å². The molecule has 0 fully saturated rings. The zero-order chi connectivity index (χ0) is 12.2. The van der Waals surface area contributed by atoms with Gasteiger partial charge in [-0.05, 0) is 25.5 Å². The Morgan fingerprint density at radius 3 is 2.81 bits per heavy atom. The van der Waals surface area contributed by atoms with E-state index in [2.05, 4.69) is 37.3 Å². The summed E-state index contributed by atoms with van der Waals surface area (Å²) in [7, 11) is 0. The molecule has 2 nitrogen and oxygen atoms in total. The molecule has 0 saturated heterocycles. The first-order valence-corrected chi connectivity index (χ1v) is 5.84. The first kappa shape index (κ1) is 12.8. The van der Waals surface area contributed by atoms with Crippen molar-refractivity contribution in [2.75, 3.05) is 6.54 Å². The number of hydrogen-bond acceptors (Lipinski definition) is 2. The highest BCUT2D eigenvalue weighted by Gasteiger charge is 2.29. The van der Waals surface area contributed by atoms with Crippen molar-refractivity contribution < 1.29 is 0 Å². The fraction of sp³-hybridized carbons (Fsp3) is 0.500. The van der Waals surface area contributed by atoms with Crippen LogP contribution in [0.4, 0.5) is 0 Å². The van der Waals surface area contributed by atoms with E-state index in [0.29, 0.717) is 0 Å². The molecular weight excluding hydrogens is 196 g/mol. The summed E-state index contributed by atoms with van der Waals surface area (Å²) in [6.07, 6.45) is 5.75. The van der Waals surface area contributed by atoms with Crippen LogP contribution in [0.2, 0.25) is 0 Å². The number of nitrogens with zero attached hydrogens (tertiary/aromatic N) is 1. The summed E-state index contributed by atoms with van der Waals surface area (Å²) in [4.78, 5) is 4.53. The Balaban J connectivity index is 3.01. The molecule has 0 bridgehead atoms. The van der Waals surface area contributed by atoms with Crippen LogP contribution in [-0.4, -0.2) is 12.3 Å². The van der Waals surface area contributed by atoms with Gasteiger partial charge in [0.2, 0.25) is 0 Å². The predicted molar refractivity (Wildman–Crippen MR) is 71.5 cm³/mol. The van der Waals surface area contributed by atoms with Gasteiger partial charge < -0.3 is 5.32 Å². The average molecular weight is 218 g/mol. The lowest BCUT2D eigenvalue weighted by Crippen LogP contribution is -2.32. The molecule has 0 aromatic heterocycles. The molecule has 0 saturated carbocycles. The second-order valence-corrected chi connectivity index (χ2v) is 4.53. The van der Waals surface area contributed by atoms with E-state index in [1.807, 2.05) is 19.1 Å². The number of aliphatic imine (C=N–C) groups is 1. The third-order valence-electron chi connectivity index (χ3n) is 3.28. The summed E-state index contributed by atoms with van der Waals surface area (Å²) in [5.74, 6) is 0.933. The molecule has 16 heavy (non-hydrogen) atoms.